The summed E-state index contributed by atoms with van der Waals surface area (Å²) >= 11 is 6.84. The maximum Gasteiger partial charge on any atom is 0.262 e. The molecule has 0 saturated carbocycles. The summed E-state index contributed by atoms with van der Waals surface area (Å²) in [6.07, 6.45) is 0. The summed E-state index contributed by atoms with van der Waals surface area (Å²) in [7, 11) is 3.10. The summed E-state index contributed by atoms with van der Waals surface area (Å²) in [4.78, 5) is 12.2. The van der Waals surface area contributed by atoms with Gasteiger partial charge in [0, 0.05) is 10.5 Å². The molecule has 0 aliphatic heterocycles. The van der Waals surface area contributed by atoms with E-state index in [9.17, 15) is 4.79 Å². The van der Waals surface area contributed by atoms with E-state index in [-0.39, 0.29) is 12.5 Å². The monoisotopic (exact) mass is 457 g/mol. The molecule has 0 fully saturated rings. The van der Waals surface area contributed by atoms with Crippen LogP contribution in [0.25, 0.3) is 0 Å². The van der Waals surface area contributed by atoms with Crippen LogP contribution in [0.15, 0.2) is 39.3 Å². The zero-order chi connectivity index (χ0) is 17.7. The highest BCUT2D eigenvalue weighted by atomic mass is 79.9. The topological polar surface area (TPSA) is 56.8 Å². The van der Waals surface area contributed by atoms with Crippen LogP contribution in [0.2, 0.25) is 0 Å². The van der Waals surface area contributed by atoms with Crippen molar-refractivity contribution in [2.75, 3.05) is 26.1 Å². The smallest absolute Gasteiger partial charge is 0.262 e. The van der Waals surface area contributed by atoms with Crippen molar-refractivity contribution in [2.45, 2.75) is 6.92 Å². The van der Waals surface area contributed by atoms with Gasteiger partial charge in [0.05, 0.1) is 24.4 Å². The van der Waals surface area contributed by atoms with Crippen LogP contribution >= 0.6 is 31.9 Å². The Hall–Kier alpha value is -1.73. The van der Waals surface area contributed by atoms with E-state index in [2.05, 4.69) is 37.2 Å². The van der Waals surface area contributed by atoms with E-state index in [0.717, 1.165) is 14.5 Å². The van der Waals surface area contributed by atoms with E-state index in [1.807, 2.05) is 19.1 Å². The van der Waals surface area contributed by atoms with Crippen LogP contribution in [0, 0.1) is 6.92 Å². The number of aryl methyl sites for hydroxylation is 1. The van der Waals surface area contributed by atoms with Crippen molar-refractivity contribution in [3.05, 3.63) is 44.8 Å². The first-order valence-corrected chi connectivity index (χ1v) is 8.63. The highest BCUT2D eigenvalue weighted by molar-refractivity contribution is 9.11. The van der Waals surface area contributed by atoms with Gasteiger partial charge in [-0.2, -0.15) is 0 Å². The van der Waals surface area contributed by atoms with Crippen molar-refractivity contribution in [3.8, 4) is 17.2 Å². The standard InChI is InChI=1S/C17H17Br2NO4/c1-10-6-11(18)7-13(19)17(10)24-9-16(21)20-14-8-12(22-2)4-5-15(14)23-3/h4-8H,9H2,1-3H3,(H,20,21). The van der Waals surface area contributed by atoms with E-state index in [1.165, 1.54) is 7.11 Å². The predicted molar refractivity (Wildman–Crippen MR) is 100 cm³/mol. The molecule has 2 aromatic rings. The fourth-order valence-electron chi connectivity index (χ4n) is 2.11. The lowest BCUT2D eigenvalue weighted by Crippen LogP contribution is -2.21. The largest absolute Gasteiger partial charge is 0.497 e. The summed E-state index contributed by atoms with van der Waals surface area (Å²) in [5.74, 6) is 1.50. The number of hydrogen-bond acceptors (Lipinski definition) is 4. The van der Waals surface area contributed by atoms with Crippen molar-refractivity contribution in [1.82, 2.24) is 0 Å². The zero-order valence-electron chi connectivity index (χ0n) is 13.5. The van der Waals surface area contributed by atoms with Crippen LogP contribution in [0.4, 0.5) is 5.69 Å². The molecular formula is C17H17Br2NO4. The predicted octanol–water partition coefficient (Wildman–Crippen LogP) is 4.55. The van der Waals surface area contributed by atoms with Gasteiger partial charge in [-0.1, -0.05) is 15.9 Å². The van der Waals surface area contributed by atoms with Crippen molar-refractivity contribution in [1.29, 1.82) is 0 Å². The zero-order valence-corrected chi connectivity index (χ0v) is 16.7. The van der Waals surface area contributed by atoms with Gasteiger partial charge >= 0.3 is 0 Å². The molecule has 24 heavy (non-hydrogen) atoms. The van der Waals surface area contributed by atoms with Gasteiger partial charge in [0.1, 0.15) is 17.2 Å². The molecule has 7 heteroatoms. The van der Waals surface area contributed by atoms with E-state index in [4.69, 9.17) is 14.2 Å². The minimum absolute atomic E-state index is 0.124. The van der Waals surface area contributed by atoms with Crippen LogP contribution in [0.3, 0.4) is 0 Å². The fourth-order valence-corrected chi connectivity index (χ4v) is 3.66. The summed E-state index contributed by atoms with van der Waals surface area (Å²) < 4.78 is 17.7. The highest BCUT2D eigenvalue weighted by Crippen LogP contribution is 2.32. The second-order valence-electron chi connectivity index (χ2n) is 4.94. The molecule has 2 aromatic carbocycles. The number of rotatable bonds is 6. The maximum absolute atomic E-state index is 12.2. The maximum atomic E-state index is 12.2. The second-order valence-corrected chi connectivity index (χ2v) is 6.71. The van der Waals surface area contributed by atoms with Gasteiger partial charge in [-0.25, -0.2) is 0 Å². The van der Waals surface area contributed by atoms with Crippen LogP contribution in [-0.2, 0) is 4.79 Å². The lowest BCUT2D eigenvalue weighted by Gasteiger charge is -2.14. The van der Waals surface area contributed by atoms with Crippen LogP contribution in [-0.4, -0.2) is 26.7 Å². The van der Waals surface area contributed by atoms with Crippen LogP contribution < -0.4 is 19.5 Å². The Morgan fingerprint density at radius 1 is 1.12 bits per heavy atom. The number of hydrogen-bond donors (Lipinski definition) is 1. The molecule has 5 nitrogen and oxygen atoms in total. The molecule has 1 amide bonds. The summed E-state index contributed by atoms with van der Waals surface area (Å²) in [6.45, 7) is 1.79. The third-order valence-corrected chi connectivity index (χ3v) is 4.27. The molecule has 0 aromatic heterocycles. The first-order valence-electron chi connectivity index (χ1n) is 7.05. The van der Waals surface area contributed by atoms with E-state index >= 15 is 0 Å². The lowest BCUT2D eigenvalue weighted by atomic mass is 10.2. The summed E-state index contributed by atoms with van der Waals surface area (Å²) in [6, 6.07) is 8.96. The Morgan fingerprint density at radius 3 is 2.50 bits per heavy atom. The third-order valence-electron chi connectivity index (χ3n) is 3.22. The normalized spacial score (nSPS) is 10.2. The quantitative estimate of drug-likeness (QED) is 0.689. The number of ether oxygens (including phenoxy) is 3. The highest BCUT2D eigenvalue weighted by Gasteiger charge is 2.12. The lowest BCUT2D eigenvalue weighted by molar-refractivity contribution is -0.118. The van der Waals surface area contributed by atoms with Gasteiger partial charge < -0.3 is 19.5 Å². The number of carbonyl (C=O) groups is 1. The average molecular weight is 459 g/mol. The van der Waals surface area contributed by atoms with Gasteiger partial charge in [0.25, 0.3) is 5.91 Å². The molecule has 0 saturated heterocycles. The Bertz CT molecular complexity index is 726. The van der Waals surface area contributed by atoms with Crippen molar-refractivity contribution in [3.63, 3.8) is 0 Å². The Kier molecular flexibility index (Phi) is 6.51. The van der Waals surface area contributed by atoms with Gasteiger partial charge in [0.15, 0.2) is 6.61 Å². The second kappa shape index (κ2) is 8.39. The minimum atomic E-state index is -0.296. The van der Waals surface area contributed by atoms with Crippen molar-refractivity contribution >= 4 is 43.5 Å². The van der Waals surface area contributed by atoms with Crippen LogP contribution in [0.5, 0.6) is 17.2 Å². The molecule has 0 heterocycles. The van der Waals surface area contributed by atoms with E-state index in [0.29, 0.717) is 22.9 Å². The molecule has 128 valence electrons. The fraction of sp³-hybridized carbons (Fsp3) is 0.235. The number of nitrogens with one attached hydrogen (secondary N) is 1. The molecule has 0 aliphatic carbocycles. The number of halogens is 2. The molecule has 0 spiro atoms. The Morgan fingerprint density at radius 2 is 1.88 bits per heavy atom. The number of carbonyl (C=O) groups excluding carboxylic acids is 1. The molecule has 0 bridgehead atoms. The summed E-state index contributed by atoms with van der Waals surface area (Å²) in [5.41, 5.74) is 1.44. The first kappa shape index (κ1) is 18.6. The summed E-state index contributed by atoms with van der Waals surface area (Å²) in [5, 5.41) is 2.76. The molecule has 0 radical (unpaired) electrons. The van der Waals surface area contributed by atoms with Crippen molar-refractivity contribution in [2.24, 2.45) is 0 Å². The third kappa shape index (κ3) is 4.64. The van der Waals surface area contributed by atoms with E-state index < -0.39 is 0 Å². The molecule has 2 rings (SSSR count). The Balaban J connectivity index is 2.07. The van der Waals surface area contributed by atoms with Gasteiger partial charge in [-0.3, -0.25) is 4.79 Å². The number of benzene rings is 2. The SMILES string of the molecule is COc1ccc(OC)c(NC(=O)COc2c(C)cc(Br)cc2Br)c1. The average Bonchev–Trinajstić information content (AvgIpc) is 2.53. The number of anilines is 1. The van der Waals surface area contributed by atoms with Gasteiger partial charge in [0.2, 0.25) is 0 Å². The molecule has 0 unspecified atom stereocenters. The van der Waals surface area contributed by atoms with Crippen molar-refractivity contribution < 1.29 is 19.0 Å². The number of amides is 1. The van der Waals surface area contributed by atoms with E-state index in [1.54, 1.807) is 25.3 Å². The number of methoxy groups -OCH3 is 2. The van der Waals surface area contributed by atoms with Gasteiger partial charge in [-0.05, 0) is 52.7 Å². The van der Waals surface area contributed by atoms with Crippen LogP contribution in [0.1, 0.15) is 5.56 Å². The molecule has 0 atom stereocenters. The van der Waals surface area contributed by atoms with Gasteiger partial charge in [-0.15, -0.1) is 0 Å². The molecule has 0 aliphatic rings. The minimum Gasteiger partial charge on any atom is -0.497 e. The Labute approximate surface area is 157 Å². The molecular weight excluding hydrogens is 442 g/mol. The first-order chi connectivity index (χ1) is 11.4. The molecule has 1 N–H and O–H groups in total.